The Balaban J connectivity index is 1.56. The molecular formula is C33H33NO4. The number of benzene rings is 3. The molecule has 0 saturated carbocycles. The van der Waals surface area contributed by atoms with Gasteiger partial charge in [0.05, 0.1) is 17.6 Å². The summed E-state index contributed by atoms with van der Waals surface area (Å²) in [6.07, 6.45) is 1.02. The van der Waals surface area contributed by atoms with Crippen molar-refractivity contribution >= 4 is 11.8 Å². The van der Waals surface area contributed by atoms with Gasteiger partial charge in [0.2, 0.25) is 0 Å². The lowest BCUT2D eigenvalue weighted by Crippen LogP contribution is -2.36. The minimum absolute atomic E-state index is 0.0396. The van der Waals surface area contributed by atoms with Crippen LogP contribution < -0.4 is 10.1 Å². The average Bonchev–Trinajstić information content (AvgIpc) is 2.92. The molecule has 0 unspecified atom stereocenters. The van der Waals surface area contributed by atoms with Crippen LogP contribution in [0.1, 0.15) is 62.1 Å². The van der Waals surface area contributed by atoms with Crippen molar-refractivity contribution in [3.05, 3.63) is 124 Å². The third-order valence-electron chi connectivity index (χ3n) is 7.12. The first kappa shape index (κ1) is 25.5. The van der Waals surface area contributed by atoms with Crippen LogP contribution in [0.15, 0.2) is 107 Å². The van der Waals surface area contributed by atoms with E-state index in [2.05, 4.69) is 17.4 Å². The van der Waals surface area contributed by atoms with Crippen molar-refractivity contribution in [3.8, 4) is 5.75 Å². The molecule has 0 fully saturated rings. The predicted octanol–water partition coefficient (Wildman–Crippen LogP) is 6.58. The van der Waals surface area contributed by atoms with Crippen LogP contribution in [-0.4, -0.2) is 17.9 Å². The molecule has 0 bridgehead atoms. The van der Waals surface area contributed by atoms with Crippen molar-refractivity contribution in [2.24, 2.45) is 0 Å². The van der Waals surface area contributed by atoms with Crippen LogP contribution in [0.2, 0.25) is 0 Å². The van der Waals surface area contributed by atoms with Crippen LogP contribution in [0.4, 0.5) is 0 Å². The van der Waals surface area contributed by atoms with Gasteiger partial charge in [-0.2, -0.15) is 0 Å². The molecule has 1 aliphatic carbocycles. The largest absolute Gasteiger partial charge is 0.491 e. The zero-order chi connectivity index (χ0) is 26.6. The Morgan fingerprint density at radius 2 is 1.58 bits per heavy atom. The Bertz CT molecular complexity index is 1390. The van der Waals surface area contributed by atoms with Gasteiger partial charge in [0.15, 0.2) is 5.78 Å². The molecule has 1 N–H and O–H groups in total. The predicted molar refractivity (Wildman–Crippen MR) is 147 cm³/mol. The highest BCUT2D eigenvalue weighted by Gasteiger charge is 2.42. The summed E-state index contributed by atoms with van der Waals surface area (Å²) < 4.78 is 12.0. The number of esters is 1. The maximum atomic E-state index is 13.9. The van der Waals surface area contributed by atoms with Crippen molar-refractivity contribution in [2.45, 2.75) is 58.2 Å². The number of hydrogen-bond acceptors (Lipinski definition) is 5. The monoisotopic (exact) mass is 507 g/mol. The molecule has 2 aliphatic rings. The van der Waals surface area contributed by atoms with E-state index in [1.807, 2.05) is 93.6 Å². The zero-order valence-electron chi connectivity index (χ0n) is 22.1. The summed E-state index contributed by atoms with van der Waals surface area (Å²) in [7, 11) is 0. The summed E-state index contributed by atoms with van der Waals surface area (Å²) in [5.41, 5.74) is 5.50. The summed E-state index contributed by atoms with van der Waals surface area (Å²) >= 11 is 0. The van der Waals surface area contributed by atoms with E-state index in [1.54, 1.807) is 0 Å². The van der Waals surface area contributed by atoms with Gasteiger partial charge < -0.3 is 14.8 Å². The highest BCUT2D eigenvalue weighted by atomic mass is 16.5. The number of hydrogen-bond donors (Lipinski definition) is 1. The number of dihydropyridines is 1. The number of carbonyl (C=O) groups is 2. The van der Waals surface area contributed by atoms with E-state index in [1.165, 1.54) is 0 Å². The third-order valence-corrected chi connectivity index (χ3v) is 7.12. The van der Waals surface area contributed by atoms with Crippen molar-refractivity contribution in [1.29, 1.82) is 0 Å². The first-order chi connectivity index (χ1) is 18.4. The van der Waals surface area contributed by atoms with Crippen LogP contribution in [0.3, 0.4) is 0 Å². The lowest BCUT2D eigenvalue weighted by atomic mass is 9.71. The van der Waals surface area contributed by atoms with E-state index >= 15 is 0 Å². The fourth-order valence-corrected chi connectivity index (χ4v) is 5.46. The molecular weight excluding hydrogens is 474 g/mol. The fraction of sp³-hybridized carbons (Fsp3) is 0.273. The number of allylic oxidation sites excluding steroid dienone is 3. The normalized spacial score (nSPS) is 19.2. The van der Waals surface area contributed by atoms with Gasteiger partial charge in [-0.05, 0) is 50.3 Å². The van der Waals surface area contributed by atoms with Crippen molar-refractivity contribution in [2.75, 3.05) is 0 Å². The highest BCUT2D eigenvalue weighted by Crippen LogP contribution is 2.47. The Morgan fingerprint density at radius 3 is 2.29 bits per heavy atom. The molecule has 5 rings (SSSR count). The Labute approximate surface area is 224 Å². The number of ether oxygens (including phenoxy) is 2. The Hall–Kier alpha value is -4.12. The van der Waals surface area contributed by atoms with Gasteiger partial charge in [-0.1, -0.05) is 78.9 Å². The number of nitrogens with one attached hydrogen (secondary N) is 1. The quantitative estimate of drug-likeness (QED) is 0.366. The van der Waals surface area contributed by atoms with Crippen LogP contribution in [0.5, 0.6) is 5.75 Å². The van der Waals surface area contributed by atoms with Gasteiger partial charge in [0.25, 0.3) is 0 Å². The maximum absolute atomic E-state index is 13.9. The second-order valence-electron chi connectivity index (χ2n) is 10.2. The number of Topliss-reactive ketones (excluding diaryl/α,β-unsaturated/α-hetero) is 1. The molecule has 3 aromatic rings. The average molecular weight is 508 g/mol. The lowest BCUT2D eigenvalue weighted by Gasteiger charge is -2.37. The van der Waals surface area contributed by atoms with Crippen molar-refractivity contribution < 1.29 is 19.1 Å². The van der Waals surface area contributed by atoms with E-state index in [0.29, 0.717) is 35.4 Å². The van der Waals surface area contributed by atoms with Gasteiger partial charge in [-0.15, -0.1) is 0 Å². The minimum atomic E-state index is -0.575. The van der Waals surface area contributed by atoms with Gasteiger partial charge in [0.1, 0.15) is 12.4 Å². The molecule has 1 heterocycles. The van der Waals surface area contributed by atoms with Crippen LogP contribution in [0.25, 0.3) is 0 Å². The van der Waals surface area contributed by atoms with E-state index in [9.17, 15) is 9.59 Å². The summed E-state index contributed by atoms with van der Waals surface area (Å²) in [4.78, 5) is 27.5. The molecule has 2 atom stereocenters. The fourth-order valence-electron chi connectivity index (χ4n) is 5.46. The second kappa shape index (κ2) is 11.1. The van der Waals surface area contributed by atoms with Gasteiger partial charge >= 0.3 is 5.97 Å². The molecule has 0 amide bonds. The topological polar surface area (TPSA) is 64.6 Å². The second-order valence-corrected chi connectivity index (χ2v) is 10.2. The molecule has 5 nitrogen and oxygen atoms in total. The van der Waals surface area contributed by atoms with Gasteiger partial charge in [-0.25, -0.2) is 4.79 Å². The number of rotatable bonds is 7. The van der Waals surface area contributed by atoms with Crippen LogP contribution >= 0.6 is 0 Å². The summed E-state index contributed by atoms with van der Waals surface area (Å²) in [6, 6.07) is 27.4. The smallest absolute Gasteiger partial charge is 0.337 e. The highest BCUT2D eigenvalue weighted by molar-refractivity contribution is 6.04. The summed E-state index contributed by atoms with van der Waals surface area (Å²) in [5.74, 6) is -0.225. The number of ketones is 1. The third kappa shape index (κ3) is 5.28. The van der Waals surface area contributed by atoms with Crippen LogP contribution in [0, 0.1) is 0 Å². The zero-order valence-corrected chi connectivity index (χ0v) is 22.1. The first-order valence-corrected chi connectivity index (χ1v) is 13.2. The molecule has 1 aliphatic heterocycles. The molecule has 3 aromatic carbocycles. The van der Waals surface area contributed by atoms with E-state index in [0.717, 1.165) is 22.4 Å². The molecule has 0 spiro atoms. The Kier molecular flexibility index (Phi) is 7.45. The standard InChI is InChI=1S/C33H33NO4/c1-21(2)38-29-17-11-10-16-26(29)31-30(33(36)37-20-23-12-6-4-7-13-23)22(3)34-27-18-25(19-28(35)32(27)31)24-14-8-5-9-15-24/h4-17,21,25,31,34H,18-20H2,1-3H3/t25-,31-/m1/s1. The van der Waals surface area contributed by atoms with Crippen molar-refractivity contribution in [3.63, 3.8) is 0 Å². The van der Waals surface area contributed by atoms with E-state index < -0.39 is 11.9 Å². The number of para-hydroxylation sites is 1. The maximum Gasteiger partial charge on any atom is 0.337 e. The Morgan fingerprint density at radius 1 is 0.921 bits per heavy atom. The molecule has 38 heavy (non-hydrogen) atoms. The molecule has 0 saturated heterocycles. The molecule has 5 heteroatoms. The van der Waals surface area contributed by atoms with E-state index in [-0.39, 0.29) is 24.4 Å². The van der Waals surface area contributed by atoms with E-state index in [4.69, 9.17) is 9.47 Å². The SMILES string of the molecule is CC1=C(C(=O)OCc2ccccc2)[C@@H](c2ccccc2OC(C)C)C2=C(C[C@@H](c3ccccc3)CC2=O)N1. The summed E-state index contributed by atoms with van der Waals surface area (Å²) in [5, 5.41) is 3.43. The molecule has 0 aromatic heterocycles. The van der Waals surface area contributed by atoms with Gasteiger partial charge in [-0.3, -0.25) is 4.79 Å². The summed E-state index contributed by atoms with van der Waals surface area (Å²) in [6.45, 7) is 5.98. The first-order valence-electron chi connectivity index (χ1n) is 13.2. The molecule has 194 valence electrons. The van der Waals surface area contributed by atoms with Crippen LogP contribution in [-0.2, 0) is 20.9 Å². The number of carbonyl (C=O) groups excluding carboxylic acids is 2. The minimum Gasteiger partial charge on any atom is -0.491 e. The lowest BCUT2D eigenvalue weighted by molar-refractivity contribution is -0.140. The van der Waals surface area contributed by atoms with Crippen molar-refractivity contribution in [1.82, 2.24) is 5.32 Å². The van der Waals surface area contributed by atoms with Gasteiger partial charge in [0, 0.05) is 29.0 Å². The molecule has 0 radical (unpaired) electrons.